The summed E-state index contributed by atoms with van der Waals surface area (Å²) in [5.74, 6) is 0.510. The molecule has 2 amide bonds. The molecule has 0 radical (unpaired) electrons. The highest BCUT2D eigenvalue weighted by molar-refractivity contribution is 5.74. The van der Waals surface area contributed by atoms with Gasteiger partial charge in [0.25, 0.3) is 0 Å². The first kappa shape index (κ1) is 16.6. The van der Waals surface area contributed by atoms with E-state index >= 15 is 0 Å². The molecule has 0 saturated carbocycles. The van der Waals surface area contributed by atoms with Crippen molar-refractivity contribution in [2.75, 3.05) is 51.8 Å². The zero-order chi connectivity index (χ0) is 15.8. The Labute approximate surface area is 133 Å². The molecule has 5 nitrogen and oxygen atoms in total. The maximum atomic E-state index is 11.9. The van der Waals surface area contributed by atoms with Crippen molar-refractivity contribution in [1.82, 2.24) is 10.2 Å². The average Bonchev–Trinajstić information content (AvgIpc) is 2.50. The summed E-state index contributed by atoms with van der Waals surface area (Å²) in [7, 11) is 3.80. The molecule has 0 unspecified atom stereocenters. The quantitative estimate of drug-likeness (QED) is 0.749. The molecule has 0 spiro atoms. The number of likely N-dealkylation sites (tertiary alicyclic amines) is 1. The van der Waals surface area contributed by atoms with Crippen LogP contribution in [-0.4, -0.2) is 57.9 Å². The number of methoxy groups -OCH3 is 1. The van der Waals surface area contributed by atoms with Gasteiger partial charge < -0.3 is 19.9 Å². The number of ether oxygens (including phenoxy) is 1. The van der Waals surface area contributed by atoms with Crippen LogP contribution in [0.4, 0.5) is 10.5 Å². The minimum Gasteiger partial charge on any atom is -0.384 e. The summed E-state index contributed by atoms with van der Waals surface area (Å²) in [5.41, 5.74) is 1.23. The van der Waals surface area contributed by atoms with Crippen LogP contribution < -0.4 is 10.2 Å². The van der Waals surface area contributed by atoms with E-state index in [1.165, 1.54) is 5.69 Å². The van der Waals surface area contributed by atoms with Gasteiger partial charge in [-0.3, -0.25) is 0 Å². The highest BCUT2D eigenvalue weighted by atomic mass is 16.5. The average molecular weight is 305 g/mol. The van der Waals surface area contributed by atoms with Crippen molar-refractivity contribution in [1.29, 1.82) is 0 Å². The lowest BCUT2D eigenvalue weighted by atomic mass is 10.0. The molecule has 22 heavy (non-hydrogen) atoms. The fraction of sp³-hybridized carbons (Fsp3) is 0.588. The smallest absolute Gasteiger partial charge is 0.317 e. The molecule has 0 aliphatic carbocycles. The van der Waals surface area contributed by atoms with E-state index < -0.39 is 0 Å². The number of carbonyl (C=O) groups excluding carboxylic acids is 1. The van der Waals surface area contributed by atoms with Gasteiger partial charge in [0.15, 0.2) is 0 Å². The second-order valence-electron chi connectivity index (χ2n) is 5.92. The van der Waals surface area contributed by atoms with Crippen LogP contribution >= 0.6 is 0 Å². The number of amides is 2. The number of carbonyl (C=O) groups is 1. The number of unbranched alkanes of at least 4 members (excludes halogenated alkanes) is 1. The Balaban J connectivity index is 1.52. The number of urea groups is 1. The van der Waals surface area contributed by atoms with Crippen molar-refractivity contribution in [3.05, 3.63) is 30.3 Å². The van der Waals surface area contributed by atoms with Crippen molar-refractivity contribution in [2.45, 2.75) is 12.8 Å². The topological polar surface area (TPSA) is 44.8 Å². The lowest BCUT2D eigenvalue weighted by molar-refractivity contribution is 0.0556. The van der Waals surface area contributed by atoms with E-state index in [1.807, 2.05) is 11.0 Å². The minimum atomic E-state index is 0.0590. The fourth-order valence-electron chi connectivity index (χ4n) is 2.67. The minimum absolute atomic E-state index is 0.0590. The molecule has 1 heterocycles. The van der Waals surface area contributed by atoms with Crippen LogP contribution in [0.25, 0.3) is 0 Å². The summed E-state index contributed by atoms with van der Waals surface area (Å²) in [5, 5.41) is 2.99. The van der Waals surface area contributed by atoms with Gasteiger partial charge in [0.1, 0.15) is 0 Å². The Morgan fingerprint density at radius 3 is 2.73 bits per heavy atom. The van der Waals surface area contributed by atoms with Gasteiger partial charge in [-0.05, 0) is 25.0 Å². The van der Waals surface area contributed by atoms with Gasteiger partial charge in [-0.1, -0.05) is 18.2 Å². The predicted octanol–water partition coefficient (Wildman–Crippen LogP) is 2.19. The lowest BCUT2D eigenvalue weighted by Gasteiger charge is -2.38. The van der Waals surface area contributed by atoms with Crippen molar-refractivity contribution >= 4 is 11.7 Å². The largest absolute Gasteiger partial charge is 0.384 e. The zero-order valence-electron chi connectivity index (χ0n) is 13.6. The first-order valence-corrected chi connectivity index (χ1v) is 7.98. The van der Waals surface area contributed by atoms with Crippen molar-refractivity contribution in [3.63, 3.8) is 0 Å². The third-order valence-corrected chi connectivity index (χ3v) is 4.04. The molecule has 0 atom stereocenters. The number of rotatable bonds is 8. The molecule has 5 heteroatoms. The highest BCUT2D eigenvalue weighted by Crippen LogP contribution is 2.15. The molecular weight excluding hydrogens is 278 g/mol. The van der Waals surface area contributed by atoms with Crippen molar-refractivity contribution < 1.29 is 9.53 Å². The Hall–Kier alpha value is -1.75. The van der Waals surface area contributed by atoms with Crippen LogP contribution in [0.2, 0.25) is 0 Å². The van der Waals surface area contributed by atoms with E-state index in [4.69, 9.17) is 4.74 Å². The summed E-state index contributed by atoms with van der Waals surface area (Å²) in [6.07, 6.45) is 2.07. The van der Waals surface area contributed by atoms with Gasteiger partial charge >= 0.3 is 6.03 Å². The number of nitrogens with one attached hydrogen (secondary N) is 1. The van der Waals surface area contributed by atoms with Gasteiger partial charge in [0.05, 0.1) is 6.61 Å². The zero-order valence-corrected chi connectivity index (χ0v) is 13.6. The molecule has 0 aromatic heterocycles. The van der Waals surface area contributed by atoms with Crippen LogP contribution in [0.1, 0.15) is 12.8 Å². The van der Waals surface area contributed by atoms with E-state index in [0.29, 0.717) is 5.92 Å². The first-order chi connectivity index (χ1) is 10.7. The third kappa shape index (κ3) is 4.91. The molecule has 1 aliphatic heterocycles. The van der Waals surface area contributed by atoms with Crippen molar-refractivity contribution in [2.24, 2.45) is 5.92 Å². The number of hydrogen-bond acceptors (Lipinski definition) is 3. The maximum Gasteiger partial charge on any atom is 0.317 e. The molecule has 2 rings (SSSR count). The number of hydrogen-bond donors (Lipinski definition) is 1. The molecule has 0 bridgehead atoms. The summed E-state index contributed by atoms with van der Waals surface area (Å²) in [6, 6.07) is 10.4. The lowest BCUT2D eigenvalue weighted by Crippen LogP contribution is -2.55. The standard InChI is InChI=1S/C17H27N3O2/c1-19(16-8-4-3-5-9-16)11-7-6-10-18-17(21)20-12-15(13-20)14-22-2/h3-5,8-9,15H,6-7,10-14H2,1-2H3,(H,18,21). The maximum absolute atomic E-state index is 11.9. The van der Waals surface area contributed by atoms with E-state index in [2.05, 4.69) is 41.5 Å². The number of para-hydroxylation sites is 1. The Bertz CT molecular complexity index is 446. The summed E-state index contributed by atoms with van der Waals surface area (Å²) >= 11 is 0. The molecular formula is C17H27N3O2. The molecule has 1 aromatic rings. The predicted molar refractivity (Wildman–Crippen MR) is 89.3 cm³/mol. The van der Waals surface area contributed by atoms with E-state index in [1.54, 1.807) is 7.11 Å². The number of anilines is 1. The summed E-state index contributed by atoms with van der Waals surface area (Å²) < 4.78 is 5.08. The van der Waals surface area contributed by atoms with E-state index in [-0.39, 0.29) is 6.03 Å². The Morgan fingerprint density at radius 2 is 2.05 bits per heavy atom. The van der Waals surface area contributed by atoms with Gasteiger partial charge in [0.2, 0.25) is 0 Å². The van der Waals surface area contributed by atoms with E-state index in [9.17, 15) is 4.79 Å². The van der Waals surface area contributed by atoms with Crippen LogP contribution in [0, 0.1) is 5.92 Å². The summed E-state index contributed by atoms with van der Waals surface area (Å²) in [4.78, 5) is 15.9. The molecule has 1 N–H and O–H groups in total. The first-order valence-electron chi connectivity index (χ1n) is 7.98. The van der Waals surface area contributed by atoms with Crippen LogP contribution in [-0.2, 0) is 4.74 Å². The number of nitrogens with zero attached hydrogens (tertiary/aromatic N) is 2. The molecule has 1 aromatic carbocycles. The second kappa shape index (κ2) is 8.63. The fourth-order valence-corrected chi connectivity index (χ4v) is 2.67. The van der Waals surface area contributed by atoms with Crippen LogP contribution in [0.5, 0.6) is 0 Å². The second-order valence-corrected chi connectivity index (χ2v) is 5.92. The molecule has 1 aliphatic rings. The van der Waals surface area contributed by atoms with Crippen LogP contribution in [0.3, 0.4) is 0 Å². The van der Waals surface area contributed by atoms with Crippen molar-refractivity contribution in [3.8, 4) is 0 Å². The molecule has 1 saturated heterocycles. The monoisotopic (exact) mass is 305 g/mol. The normalized spacial score (nSPS) is 14.5. The third-order valence-electron chi connectivity index (χ3n) is 4.04. The van der Waals surface area contributed by atoms with Gasteiger partial charge in [0, 0.05) is 51.9 Å². The molecule has 1 fully saturated rings. The van der Waals surface area contributed by atoms with E-state index in [0.717, 1.165) is 45.6 Å². The Kier molecular flexibility index (Phi) is 6.52. The highest BCUT2D eigenvalue weighted by Gasteiger charge is 2.29. The Morgan fingerprint density at radius 1 is 1.32 bits per heavy atom. The van der Waals surface area contributed by atoms with Gasteiger partial charge in [-0.15, -0.1) is 0 Å². The summed E-state index contributed by atoms with van der Waals surface area (Å²) in [6.45, 7) is 4.12. The van der Waals surface area contributed by atoms with Gasteiger partial charge in [-0.25, -0.2) is 4.79 Å². The van der Waals surface area contributed by atoms with Crippen LogP contribution in [0.15, 0.2) is 30.3 Å². The number of benzene rings is 1. The SMILES string of the molecule is COCC1CN(C(=O)NCCCCN(C)c2ccccc2)C1. The van der Waals surface area contributed by atoms with Gasteiger partial charge in [-0.2, -0.15) is 0 Å². The molecule has 122 valence electrons.